The number of nitrogens with zero attached hydrogens (tertiary/aromatic N) is 1. The summed E-state index contributed by atoms with van der Waals surface area (Å²) < 4.78 is 27.7. The molecule has 156 valence electrons. The van der Waals surface area contributed by atoms with Crippen LogP contribution in [0.1, 0.15) is 11.1 Å². The molecule has 0 heterocycles. The van der Waals surface area contributed by atoms with Crippen LogP contribution in [0.3, 0.4) is 0 Å². The first-order valence-electron chi connectivity index (χ1n) is 9.52. The molecule has 0 aliphatic carbocycles. The second kappa shape index (κ2) is 9.78. The Bertz CT molecular complexity index is 1100. The number of halogens is 1. The van der Waals surface area contributed by atoms with E-state index in [9.17, 15) is 13.2 Å². The number of carbonyl (C=O) groups is 1. The SMILES string of the molecule is Cc1cccc(N(CC(=O)NCCc2ccccc2)S(=O)(=O)c2ccc(Cl)cc2)c1. The van der Waals surface area contributed by atoms with Gasteiger partial charge in [-0.1, -0.05) is 54.1 Å². The number of aryl methyl sites for hydroxylation is 1. The van der Waals surface area contributed by atoms with Gasteiger partial charge in [0.15, 0.2) is 0 Å². The largest absolute Gasteiger partial charge is 0.354 e. The normalized spacial score (nSPS) is 11.1. The molecule has 30 heavy (non-hydrogen) atoms. The number of carbonyl (C=O) groups excluding carboxylic acids is 1. The second-order valence-corrected chi connectivity index (χ2v) is 9.19. The summed E-state index contributed by atoms with van der Waals surface area (Å²) in [6, 6.07) is 22.7. The van der Waals surface area contributed by atoms with Crippen LogP contribution >= 0.6 is 11.6 Å². The minimum Gasteiger partial charge on any atom is -0.354 e. The van der Waals surface area contributed by atoms with Crippen LogP contribution in [0, 0.1) is 6.92 Å². The summed E-state index contributed by atoms with van der Waals surface area (Å²) in [7, 11) is -3.95. The van der Waals surface area contributed by atoms with Gasteiger partial charge in [-0.3, -0.25) is 9.10 Å². The summed E-state index contributed by atoms with van der Waals surface area (Å²) in [5.74, 6) is -0.370. The summed E-state index contributed by atoms with van der Waals surface area (Å²) in [6.07, 6.45) is 0.668. The lowest BCUT2D eigenvalue weighted by Crippen LogP contribution is -2.41. The van der Waals surface area contributed by atoms with Gasteiger partial charge >= 0.3 is 0 Å². The Balaban J connectivity index is 1.79. The standard InChI is InChI=1S/C23H23ClN2O3S/c1-18-6-5-9-21(16-18)26(30(28,29)22-12-10-20(24)11-13-22)17-23(27)25-15-14-19-7-3-2-4-8-19/h2-13,16H,14-15,17H2,1H3,(H,25,27). The van der Waals surface area contributed by atoms with Crippen LogP contribution in [0.15, 0.2) is 83.8 Å². The fraction of sp³-hybridized carbons (Fsp3) is 0.174. The lowest BCUT2D eigenvalue weighted by atomic mass is 10.1. The second-order valence-electron chi connectivity index (χ2n) is 6.89. The van der Waals surface area contributed by atoms with Gasteiger partial charge in [0.2, 0.25) is 5.91 Å². The first kappa shape index (κ1) is 21.9. The monoisotopic (exact) mass is 442 g/mol. The lowest BCUT2D eigenvalue weighted by Gasteiger charge is -2.24. The molecule has 0 unspecified atom stereocenters. The number of nitrogens with one attached hydrogen (secondary N) is 1. The van der Waals surface area contributed by atoms with E-state index in [1.54, 1.807) is 18.2 Å². The van der Waals surface area contributed by atoms with E-state index in [-0.39, 0.29) is 17.3 Å². The van der Waals surface area contributed by atoms with E-state index < -0.39 is 10.0 Å². The Kier molecular flexibility index (Phi) is 7.13. The minimum atomic E-state index is -3.95. The highest BCUT2D eigenvalue weighted by atomic mass is 35.5. The van der Waals surface area contributed by atoms with E-state index in [2.05, 4.69) is 5.32 Å². The molecule has 3 aromatic carbocycles. The molecule has 0 fully saturated rings. The molecule has 0 saturated carbocycles. The van der Waals surface area contributed by atoms with Crippen LogP contribution in [0.5, 0.6) is 0 Å². The number of anilines is 1. The number of hydrogen-bond donors (Lipinski definition) is 1. The van der Waals surface area contributed by atoms with Crippen LogP contribution in [0.25, 0.3) is 0 Å². The third-order valence-electron chi connectivity index (χ3n) is 4.56. The summed E-state index contributed by atoms with van der Waals surface area (Å²) in [5, 5.41) is 3.25. The molecule has 3 rings (SSSR count). The van der Waals surface area contributed by atoms with Crippen molar-refractivity contribution in [2.45, 2.75) is 18.2 Å². The molecular weight excluding hydrogens is 420 g/mol. The van der Waals surface area contributed by atoms with Gasteiger partial charge in [-0.2, -0.15) is 0 Å². The predicted molar refractivity (Wildman–Crippen MR) is 120 cm³/mol. The first-order valence-corrected chi connectivity index (χ1v) is 11.3. The molecular formula is C23H23ClN2O3S. The molecule has 5 nitrogen and oxygen atoms in total. The van der Waals surface area contributed by atoms with Crippen molar-refractivity contribution in [2.75, 3.05) is 17.4 Å². The quantitative estimate of drug-likeness (QED) is 0.568. The van der Waals surface area contributed by atoms with Gasteiger partial charge in [0.1, 0.15) is 6.54 Å². The highest BCUT2D eigenvalue weighted by Crippen LogP contribution is 2.25. The molecule has 0 spiro atoms. The van der Waals surface area contributed by atoms with Crippen LogP contribution < -0.4 is 9.62 Å². The van der Waals surface area contributed by atoms with Gasteiger partial charge in [-0.25, -0.2) is 8.42 Å². The summed E-state index contributed by atoms with van der Waals surface area (Å²) in [5.41, 5.74) is 2.43. The molecule has 3 aromatic rings. The molecule has 0 bridgehead atoms. The van der Waals surface area contributed by atoms with Gasteiger partial charge in [0, 0.05) is 11.6 Å². The number of benzene rings is 3. The third kappa shape index (κ3) is 5.62. The van der Waals surface area contributed by atoms with Gasteiger partial charge in [-0.05, 0) is 60.9 Å². The van der Waals surface area contributed by atoms with E-state index in [1.165, 1.54) is 24.3 Å². The molecule has 0 radical (unpaired) electrons. The fourth-order valence-electron chi connectivity index (χ4n) is 3.01. The molecule has 1 N–H and O–H groups in total. The van der Waals surface area contributed by atoms with Crippen molar-refractivity contribution in [3.8, 4) is 0 Å². The highest BCUT2D eigenvalue weighted by Gasteiger charge is 2.27. The number of rotatable bonds is 8. The van der Waals surface area contributed by atoms with E-state index in [4.69, 9.17) is 11.6 Å². The maximum atomic E-state index is 13.3. The molecule has 0 saturated heterocycles. The van der Waals surface area contributed by atoms with Gasteiger partial charge < -0.3 is 5.32 Å². The van der Waals surface area contributed by atoms with Crippen molar-refractivity contribution in [3.05, 3.63) is 95.0 Å². The Hall–Kier alpha value is -2.83. The molecule has 0 aliphatic rings. The molecule has 7 heteroatoms. The molecule has 0 atom stereocenters. The van der Waals surface area contributed by atoms with Gasteiger partial charge in [0.05, 0.1) is 10.6 Å². The Morgan fingerprint density at radius 3 is 2.33 bits per heavy atom. The summed E-state index contributed by atoms with van der Waals surface area (Å²) in [6.45, 7) is 1.98. The maximum absolute atomic E-state index is 13.3. The Morgan fingerprint density at radius 2 is 1.67 bits per heavy atom. The third-order valence-corrected chi connectivity index (χ3v) is 6.60. The average molecular weight is 443 g/mol. The van der Waals surface area contributed by atoms with Crippen molar-refractivity contribution in [3.63, 3.8) is 0 Å². The smallest absolute Gasteiger partial charge is 0.264 e. The van der Waals surface area contributed by atoms with E-state index in [0.29, 0.717) is 23.7 Å². The zero-order valence-electron chi connectivity index (χ0n) is 16.6. The highest BCUT2D eigenvalue weighted by molar-refractivity contribution is 7.92. The van der Waals surface area contributed by atoms with Crippen molar-refractivity contribution >= 4 is 33.2 Å². The number of sulfonamides is 1. The number of amides is 1. The zero-order chi connectivity index (χ0) is 21.6. The topological polar surface area (TPSA) is 66.5 Å². The van der Waals surface area contributed by atoms with Crippen LogP contribution in [0.2, 0.25) is 5.02 Å². The summed E-state index contributed by atoms with van der Waals surface area (Å²) >= 11 is 5.90. The lowest BCUT2D eigenvalue weighted by molar-refractivity contribution is -0.119. The molecule has 0 aliphatic heterocycles. The van der Waals surface area contributed by atoms with Crippen LogP contribution in [-0.2, 0) is 21.2 Å². The predicted octanol–water partition coefficient (Wildman–Crippen LogP) is 4.20. The average Bonchev–Trinajstić information content (AvgIpc) is 2.73. The zero-order valence-corrected chi connectivity index (χ0v) is 18.2. The molecule has 0 aromatic heterocycles. The van der Waals surface area contributed by atoms with Crippen molar-refractivity contribution in [2.24, 2.45) is 0 Å². The van der Waals surface area contributed by atoms with Crippen molar-refractivity contribution in [1.82, 2.24) is 5.32 Å². The van der Waals surface area contributed by atoms with E-state index >= 15 is 0 Å². The van der Waals surface area contributed by atoms with Crippen molar-refractivity contribution < 1.29 is 13.2 Å². The minimum absolute atomic E-state index is 0.0745. The van der Waals surface area contributed by atoms with Crippen molar-refractivity contribution in [1.29, 1.82) is 0 Å². The van der Waals surface area contributed by atoms with E-state index in [0.717, 1.165) is 15.4 Å². The first-order chi connectivity index (χ1) is 14.4. The van der Waals surface area contributed by atoms with Crippen LogP contribution in [0.4, 0.5) is 5.69 Å². The fourth-order valence-corrected chi connectivity index (χ4v) is 4.55. The Morgan fingerprint density at radius 1 is 0.967 bits per heavy atom. The number of hydrogen-bond acceptors (Lipinski definition) is 3. The summed E-state index contributed by atoms with van der Waals surface area (Å²) in [4.78, 5) is 12.7. The van der Waals surface area contributed by atoms with Gasteiger partial charge in [-0.15, -0.1) is 0 Å². The Labute approximate surface area is 182 Å². The van der Waals surface area contributed by atoms with Gasteiger partial charge in [0.25, 0.3) is 10.0 Å². The van der Waals surface area contributed by atoms with E-state index in [1.807, 2.05) is 43.3 Å². The van der Waals surface area contributed by atoms with Crippen LogP contribution in [-0.4, -0.2) is 27.4 Å². The maximum Gasteiger partial charge on any atom is 0.264 e. The molecule has 1 amide bonds.